The minimum absolute atomic E-state index is 0.155. The van der Waals surface area contributed by atoms with Crippen LogP contribution in [0.1, 0.15) is 24.8 Å². The second-order valence-electron chi connectivity index (χ2n) is 7.03. The van der Waals surface area contributed by atoms with Gasteiger partial charge in [0.1, 0.15) is 6.10 Å². The maximum absolute atomic E-state index is 12.6. The van der Waals surface area contributed by atoms with E-state index >= 15 is 0 Å². The van der Waals surface area contributed by atoms with Crippen LogP contribution in [0.5, 0.6) is 0 Å². The van der Waals surface area contributed by atoms with Crippen LogP contribution in [0.3, 0.4) is 0 Å². The highest BCUT2D eigenvalue weighted by atomic mass is 16.5. The van der Waals surface area contributed by atoms with Crippen molar-refractivity contribution in [3.63, 3.8) is 0 Å². The number of carbonyl (C=O) groups is 1. The van der Waals surface area contributed by atoms with Crippen LogP contribution in [-0.4, -0.2) is 76.6 Å². The van der Waals surface area contributed by atoms with Crippen molar-refractivity contribution in [3.05, 3.63) is 18.0 Å². The van der Waals surface area contributed by atoms with E-state index < -0.39 is 0 Å². The highest BCUT2D eigenvalue weighted by molar-refractivity contribution is 5.81. The van der Waals surface area contributed by atoms with Crippen molar-refractivity contribution in [1.82, 2.24) is 19.6 Å². The lowest BCUT2D eigenvalue weighted by Gasteiger charge is -2.38. The Kier molecular flexibility index (Phi) is 4.56. The van der Waals surface area contributed by atoms with Crippen molar-refractivity contribution in [2.24, 2.45) is 7.05 Å². The Morgan fingerprint density at radius 2 is 2.08 bits per heavy atom. The second-order valence-corrected chi connectivity index (χ2v) is 7.03. The number of morpholine rings is 1. The predicted molar refractivity (Wildman–Crippen MR) is 87.3 cm³/mol. The normalized spacial score (nSPS) is 31.2. The fourth-order valence-corrected chi connectivity index (χ4v) is 4.17. The van der Waals surface area contributed by atoms with Crippen molar-refractivity contribution in [2.45, 2.75) is 44.1 Å². The third-order valence-corrected chi connectivity index (χ3v) is 5.40. The van der Waals surface area contributed by atoms with Gasteiger partial charge >= 0.3 is 0 Å². The molecule has 4 rings (SSSR count). The standard InChI is InChI=1S/C17H26N4O3/c1-19-11-13(10-18-19)12-21-5-4-15-14(21)2-3-16(24-15)17(22)20-6-8-23-9-7-20/h10-11,14-16H,2-9,12H2,1H3/t14-,15-,16-/m0/s1. The number of amides is 1. The number of nitrogens with zero attached hydrogens (tertiary/aromatic N) is 4. The number of hydrogen-bond donors (Lipinski definition) is 0. The zero-order valence-electron chi connectivity index (χ0n) is 14.3. The molecule has 1 aromatic rings. The first-order valence-corrected chi connectivity index (χ1v) is 8.94. The van der Waals surface area contributed by atoms with Gasteiger partial charge in [0.05, 0.1) is 25.5 Å². The van der Waals surface area contributed by atoms with Crippen LogP contribution in [0.15, 0.2) is 12.4 Å². The zero-order valence-corrected chi connectivity index (χ0v) is 14.3. The van der Waals surface area contributed by atoms with Crippen LogP contribution in [0, 0.1) is 0 Å². The number of ether oxygens (including phenoxy) is 2. The Bertz CT molecular complexity index is 584. The molecule has 0 aliphatic carbocycles. The van der Waals surface area contributed by atoms with E-state index in [0.29, 0.717) is 32.3 Å². The molecule has 3 atom stereocenters. The van der Waals surface area contributed by atoms with Crippen LogP contribution < -0.4 is 0 Å². The van der Waals surface area contributed by atoms with E-state index in [1.54, 1.807) is 0 Å². The fourth-order valence-electron chi connectivity index (χ4n) is 4.17. The summed E-state index contributed by atoms with van der Waals surface area (Å²) in [5.41, 5.74) is 1.24. The quantitative estimate of drug-likeness (QED) is 0.801. The molecule has 24 heavy (non-hydrogen) atoms. The van der Waals surface area contributed by atoms with Gasteiger partial charge in [0.25, 0.3) is 5.91 Å². The topological polar surface area (TPSA) is 59.8 Å². The third-order valence-electron chi connectivity index (χ3n) is 5.40. The second kappa shape index (κ2) is 6.82. The highest BCUT2D eigenvalue weighted by Crippen LogP contribution is 2.33. The van der Waals surface area contributed by atoms with Gasteiger partial charge in [0.15, 0.2) is 0 Å². The third kappa shape index (κ3) is 3.20. The molecule has 7 heteroatoms. The van der Waals surface area contributed by atoms with Crippen LogP contribution in [-0.2, 0) is 27.9 Å². The van der Waals surface area contributed by atoms with Crippen LogP contribution in [0.25, 0.3) is 0 Å². The van der Waals surface area contributed by atoms with Crippen molar-refractivity contribution < 1.29 is 14.3 Å². The van der Waals surface area contributed by atoms with E-state index in [2.05, 4.69) is 16.2 Å². The van der Waals surface area contributed by atoms with Gasteiger partial charge < -0.3 is 14.4 Å². The number of hydrogen-bond acceptors (Lipinski definition) is 5. The Hall–Kier alpha value is -1.44. The highest BCUT2D eigenvalue weighted by Gasteiger charge is 2.42. The average molecular weight is 334 g/mol. The van der Waals surface area contributed by atoms with Gasteiger partial charge in [-0.05, 0) is 19.3 Å². The molecule has 0 saturated carbocycles. The molecule has 7 nitrogen and oxygen atoms in total. The summed E-state index contributed by atoms with van der Waals surface area (Å²) in [4.78, 5) is 17.0. The first kappa shape index (κ1) is 16.1. The Labute approximate surface area is 142 Å². The maximum atomic E-state index is 12.6. The van der Waals surface area contributed by atoms with Crippen molar-refractivity contribution in [1.29, 1.82) is 0 Å². The SMILES string of the molecule is Cn1cc(CN2CC[C@@H]3O[C@H](C(=O)N4CCOCC4)CC[C@@H]32)cn1. The van der Waals surface area contributed by atoms with Crippen molar-refractivity contribution >= 4 is 5.91 Å². The summed E-state index contributed by atoms with van der Waals surface area (Å²) in [5.74, 6) is 0.155. The first-order valence-electron chi connectivity index (χ1n) is 8.94. The Morgan fingerprint density at radius 3 is 2.83 bits per heavy atom. The number of aryl methyl sites for hydroxylation is 1. The largest absolute Gasteiger partial charge is 0.378 e. The number of carbonyl (C=O) groups excluding carboxylic acids is 1. The van der Waals surface area contributed by atoms with Gasteiger partial charge in [-0.3, -0.25) is 14.4 Å². The van der Waals surface area contributed by atoms with E-state index in [4.69, 9.17) is 9.47 Å². The minimum Gasteiger partial charge on any atom is -0.378 e. The molecule has 0 bridgehead atoms. The molecule has 4 heterocycles. The molecule has 0 aromatic carbocycles. The lowest BCUT2D eigenvalue weighted by atomic mass is 9.98. The smallest absolute Gasteiger partial charge is 0.251 e. The fraction of sp³-hybridized carbons (Fsp3) is 0.765. The molecule has 3 fully saturated rings. The molecule has 3 aliphatic rings. The van der Waals surface area contributed by atoms with Gasteiger partial charge in [-0.25, -0.2) is 0 Å². The van der Waals surface area contributed by atoms with Crippen molar-refractivity contribution in [3.8, 4) is 0 Å². The lowest BCUT2D eigenvalue weighted by molar-refractivity contribution is -0.158. The Morgan fingerprint density at radius 1 is 1.25 bits per heavy atom. The van der Waals surface area contributed by atoms with Crippen molar-refractivity contribution in [2.75, 3.05) is 32.8 Å². The van der Waals surface area contributed by atoms with Gasteiger partial charge in [-0.2, -0.15) is 5.10 Å². The summed E-state index contributed by atoms with van der Waals surface area (Å²) in [6.45, 7) is 4.62. The van der Waals surface area contributed by atoms with Gasteiger partial charge in [-0.1, -0.05) is 0 Å². The molecule has 3 saturated heterocycles. The average Bonchev–Trinajstić information content (AvgIpc) is 3.21. The van der Waals surface area contributed by atoms with E-state index in [1.165, 1.54) is 5.56 Å². The molecule has 0 spiro atoms. The number of aromatic nitrogens is 2. The zero-order chi connectivity index (χ0) is 16.5. The first-order chi connectivity index (χ1) is 11.7. The van der Waals surface area contributed by atoms with Gasteiger partial charge in [0.2, 0.25) is 0 Å². The molecule has 0 radical (unpaired) electrons. The van der Waals surface area contributed by atoms with Crippen LogP contribution in [0.2, 0.25) is 0 Å². The summed E-state index contributed by atoms with van der Waals surface area (Å²) in [5, 5.41) is 4.25. The van der Waals surface area contributed by atoms with Gasteiger partial charge in [-0.15, -0.1) is 0 Å². The van der Waals surface area contributed by atoms with E-state index in [9.17, 15) is 4.79 Å². The Balaban J connectivity index is 1.34. The summed E-state index contributed by atoms with van der Waals surface area (Å²) in [6.07, 6.45) is 6.79. The number of likely N-dealkylation sites (tertiary alicyclic amines) is 1. The van der Waals surface area contributed by atoms with Gasteiger partial charge in [0, 0.05) is 51.0 Å². The molecular formula is C17H26N4O3. The summed E-state index contributed by atoms with van der Waals surface area (Å²) >= 11 is 0. The molecule has 0 unspecified atom stereocenters. The van der Waals surface area contributed by atoms with E-state index in [-0.39, 0.29) is 18.1 Å². The monoisotopic (exact) mass is 334 g/mol. The molecule has 132 valence electrons. The molecule has 1 amide bonds. The number of rotatable bonds is 3. The molecule has 3 aliphatic heterocycles. The minimum atomic E-state index is -0.261. The number of fused-ring (bicyclic) bond motifs is 1. The van der Waals surface area contributed by atoms with Crippen LogP contribution >= 0.6 is 0 Å². The summed E-state index contributed by atoms with van der Waals surface area (Å²) in [7, 11) is 1.95. The molecular weight excluding hydrogens is 308 g/mol. The van der Waals surface area contributed by atoms with Crippen LogP contribution in [0.4, 0.5) is 0 Å². The molecule has 1 aromatic heterocycles. The van der Waals surface area contributed by atoms with E-state index in [0.717, 1.165) is 32.4 Å². The summed E-state index contributed by atoms with van der Waals surface area (Å²) < 4.78 is 13.4. The lowest BCUT2D eigenvalue weighted by Crippen LogP contribution is -2.51. The van der Waals surface area contributed by atoms with E-state index in [1.807, 2.05) is 22.8 Å². The molecule has 0 N–H and O–H groups in total. The predicted octanol–water partition coefficient (Wildman–Crippen LogP) is 0.401. The summed E-state index contributed by atoms with van der Waals surface area (Å²) in [6, 6.07) is 0.430. The maximum Gasteiger partial charge on any atom is 0.251 e.